The van der Waals surface area contributed by atoms with E-state index in [4.69, 9.17) is 9.37 Å². The van der Waals surface area contributed by atoms with Crippen molar-refractivity contribution in [3.05, 3.63) is 59.7 Å². The zero-order valence-corrected chi connectivity index (χ0v) is 15.0. The lowest BCUT2D eigenvalue weighted by Gasteiger charge is -2.48. The molecule has 2 aliphatic rings. The Hall–Kier alpha value is -2.57. The minimum absolute atomic E-state index is 0.0215. The fourth-order valence-electron chi connectivity index (χ4n) is 4.43. The second-order valence-corrected chi connectivity index (χ2v) is 7.50. The van der Waals surface area contributed by atoms with Crippen LogP contribution in [0.2, 0.25) is 0 Å². The Balaban J connectivity index is 1.35. The number of piperidine rings is 1. The number of Topliss-reactive ketones (excluding diaryl/α,β-unsaturated/α-hetero) is 1. The molecule has 2 bridgehead atoms. The fourth-order valence-corrected chi connectivity index (χ4v) is 4.43. The molecule has 2 unspecified atom stereocenters. The summed E-state index contributed by atoms with van der Waals surface area (Å²) in [6.07, 6.45) is 1.66. The van der Waals surface area contributed by atoms with Crippen LogP contribution in [0.15, 0.2) is 53.2 Å². The van der Waals surface area contributed by atoms with Crippen LogP contribution in [0.1, 0.15) is 28.8 Å². The monoisotopic (exact) mass is 363 g/mol. The summed E-state index contributed by atoms with van der Waals surface area (Å²) in [5.74, 6) is 0.212. The highest BCUT2D eigenvalue weighted by molar-refractivity contribution is 6.00. The number of fused-ring (bicyclic) bond motifs is 3. The number of carbonyl (C=O) groups is 1. The van der Waals surface area contributed by atoms with Crippen molar-refractivity contribution in [2.24, 2.45) is 5.92 Å². The molecule has 0 radical (unpaired) electrons. The predicted molar refractivity (Wildman–Crippen MR) is 99.2 cm³/mol. The molecule has 2 aromatic carbocycles. The Morgan fingerprint density at radius 3 is 2.52 bits per heavy atom. The Bertz CT molecular complexity index is 941. The number of aromatic nitrogens is 2. The smallest absolute Gasteiger partial charge is 0.166 e. The molecule has 3 heterocycles. The van der Waals surface area contributed by atoms with E-state index in [9.17, 15) is 4.79 Å². The maximum absolute atomic E-state index is 13.1. The first-order valence-electron chi connectivity index (χ1n) is 9.42. The zero-order valence-electron chi connectivity index (χ0n) is 15.0. The van der Waals surface area contributed by atoms with Crippen LogP contribution in [0.25, 0.3) is 11.0 Å². The molecule has 0 spiro atoms. The van der Waals surface area contributed by atoms with E-state index in [1.54, 1.807) is 12.1 Å². The van der Waals surface area contributed by atoms with E-state index >= 15 is 0 Å². The van der Waals surface area contributed by atoms with Gasteiger partial charge in [-0.3, -0.25) is 9.69 Å². The largest absolute Gasteiger partial charge is 0.378 e. The SMILES string of the molecule is O=C(c1ccc2nonc2c1)C1CC2COCC(C1)N2Cc1ccccc1. The first kappa shape index (κ1) is 16.6. The predicted octanol–water partition coefficient (Wildman–Crippen LogP) is 3.09. The van der Waals surface area contributed by atoms with Crippen LogP contribution in [-0.2, 0) is 11.3 Å². The van der Waals surface area contributed by atoms with Crippen molar-refractivity contribution < 1.29 is 14.2 Å². The third-order valence-corrected chi connectivity index (χ3v) is 5.79. The topological polar surface area (TPSA) is 68.5 Å². The van der Waals surface area contributed by atoms with Gasteiger partial charge in [-0.05, 0) is 46.9 Å². The average molecular weight is 363 g/mol. The van der Waals surface area contributed by atoms with Gasteiger partial charge < -0.3 is 4.74 Å². The molecule has 1 aromatic heterocycles. The molecule has 2 atom stereocenters. The van der Waals surface area contributed by atoms with Crippen molar-refractivity contribution in [1.82, 2.24) is 15.2 Å². The van der Waals surface area contributed by atoms with E-state index in [2.05, 4.69) is 39.5 Å². The molecular weight excluding hydrogens is 342 g/mol. The van der Waals surface area contributed by atoms with Gasteiger partial charge in [-0.2, -0.15) is 0 Å². The maximum Gasteiger partial charge on any atom is 0.166 e. The highest BCUT2D eigenvalue weighted by atomic mass is 16.6. The molecule has 0 saturated carbocycles. The highest BCUT2D eigenvalue weighted by Crippen LogP contribution is 2.34. The molecular formula is C21H21N3O3. The van der Waals surface area contributed by atoms with Gasteiger partial charge in [0.1, 0.15) is 11.0 Å². The summed E-state index contributed by atoms with van der Waals surface area (Å²) in [5, 5.41) is 7.66. The number of benzene rings is 2. The molecule has 2 saturated heterocycles. The molecule has 138 valence electrons. The molecule has 6 heteroatoms. The summed E-state index contributed by atoms with van der Waals surface area (Å²) in [7, 11) is 0. The molecule has 2 fully saturated rings. The Labute approximate surface area is 157 Å². The van der Waals surface area contributed by atoms with E-state index in [0.29, 0.717) is 29.8 Å². The van der Waals surface area contributed by atoms with Gasteiger partial charge in [0.2, 0.25) is 0 Å². The summed E-state index contributed by atoms with van der Waals surface area (Å²) in [5.41, 5.74) is 3.31. The number of morpholine rings is 1. The Morgan fingerprint density at radius 1 is 1.00 bits per heavy atom. The summed E-state index contributed by atoms with van der Waals surface area (Å²) < 4.78 is 10.5. The number of hydrogen-bond acceptors (Lipinski definition) is 6. The van der Waals surface area contributed by atoms with Crippen LogP contribution < -0.4 is 0 Å². The zero-order chi connectivity index (χ0) is 18.2. The van der Waals surface area contributed by atoms with Crippen molar-refractivity contribution >= 4 is 16.8 Å². The second-order valence-electron chi connectivity index (χ2n) is 7.50. The Morgan fingerprint density at radius 2 is 1.74 bits per heavy atom. The van der Waals surface area contributed by atoms with Crippen molar-refractivity contribution in [3.8, 4) is 0 Å². The van der Waals surface area contributed by atoms with Crippen molar-refractivity contribution in [2.75, 3.05) is 13.2 Å². The van der Waals surface area contributed by atoms with E-state index in [1.165, 1.54) is 5.56 Å². The lowest BCUT2D eigenvalue weighted by Crippen LogP contribution is -2.57. The number of carbonyl (C=O) groups excluding carboxylic acids is 1. The molecule has 27 heavy (non-hydrogen) atoms. The summed E-state index contributed by atoms with van der Waals surface area (Å²) in [6.45, 7) is 2.30. The lowest BCUT2D eigenvalue weighted by molar-refractivity contribution is -0.0872. The third-order valence-electron chi connectivity index (χ3n) is 5.79. The Kier molecular flexibility index (Phi) is 4.22. The van der Waals surface area contributed by atoms with E-state index < -0.39 is 0 Å². The number of rotatable bonds is 4. The third kappa shape index (κ3) is 3.15. The minimum atomic E-state index is 0.0215. The van der Waals surface area contributed by atoms with E-state index in [-0.39, 0.29) is 23.8 Å². The summed E-state index contributed by atoms with van der Waals surface area (Å²) >= 11 is 0. The van der Waals surface area contributed by atoms with Crippen molar-refractivity contribution in [3.63, 3.8) is 0 Å². The van der Waals surface area contributed by atoms with E-state index in [0.717, 1.165) is 19.4 Å². The van der Waals surface area contributed by atoms with Gasteiger partial charge >= 0.3 is 0 Å². The van der Waals surface area contributed by atoms with Crippen LogP contribution in [0, 0.1) is 5.92 Å². The van der Waals surface area contributed by atoms with Crippen LogP contribution in [0.3, 0.4) is 0 Å². The lowest BCUT2D eigenvalue weighted by atomic mass is 9.80. The fraction of sp³-hybridized carbons (Fsp3) is 0.381. The van der Waals surface area contributed by atoms with Crippen molar-refractivity contribution in [2.45, 2.75) is 31.5 Å². The molecule has 0 aliphatic carbocycles. The molecule has 0 N–H and O–H groups in total. The van der Waals surface area contributed by atoms with E-state index in [1.807, 2.05) is 12.1 Å². The van der Waals surface area contributed by atoms with Crippen LogP contribution in [-0.4, -0.2) is 46.3 Å². The molecule has 2 aliphatic heterocycles. The number of ketones is 1. The molecule has 0 amide bonds. The second kappa shape index (κ2) is 6.87. The highest BCUT2D eigenvalue weighted by Gasteiger charge is 2.41. The molecule has 6 nitrogen and oxygen atoms in total. The molecule has 3 aromatic rings. The van der Waals surface area contributed by atoms with Crippen LogP contribution >= 0.6 is 0 Å². The minimum Gasteiger partial charge on any atom is -0.378 e. The maximum atomic E-state index is 13.1. The van der Waals surface area contributed by atoms with Gasteiger partial charge in [0.05, 0.1) is 13.2 Å². The number of ether oxygens (including phenoxy) is 1. The molecule has 5 rings (SSSR count). The number of nitrogens with zero attached hydrogens (tertiary/aromatic N) is 3. The summed E-state index contributed by atoms with van der Waals surface area (Å²) in [6, 6.07) is 16.5. The van der Waals surface area contributed by atoms with Crippen LogP contribution in [0.4, 0.5) is 0 Å². The normalized spacial score (nSPS) is 25.6. The van der Waals surface area contributed by atoms with Gasteiger partial charge in [-0.1, -0.05) is 30.3 Å². The van der Waals surface area contributed by atoms with Gasteiger partial charge in [0.25, 0.3) is 0 Å². The summed E-state index contributed by atoms with van der Waals surface area (Å²) in [4.78, 5) is 15.6. The average Bonchev–Trinajstić information content (AvgIpc) is 3.16. The number of hydrogen-bond donors (Lipinski definition) is 0. The van der Waals surface area contributed by atoms with Gasteiger partial charge in [-0.25, -0.2) is 4.63 Å². The first-order valence-corrected chi connectivity index (χ1v) is 9.42. The van der Waals surface area contributed by atoms with Crippen LogP contribution in [0.5, 0.6) is 0 Å². The van der Waals surface area contributed by atoms with Gasteiger partial charge in [-0.15, -0.1) is 0 Å². The quantitative estimate of drug-likeness (QED) is 0.664. The van der Waals surface area contributed by atoms with Gasteiger partial charge in [0, 0.05) is 30.1 Å². The van der Waals surface area contributed by atoms with Crippen molar-refractivity contribution in [1.29, 1.82) is 0 Å². The standard InChI is InChI=1S/C21H21N3O3/c25-21(15-6-7-19-20(10-15)23-27-22-19)16-8-17-12-26-13-18(9-16)24(17)11-14-4-2-1-3-5-14/h1-7,10,16-18H,8-9,11-13H2. The van der Waals surface area contributed by atoms with Gasteiger partial charge in [0.15, 0.2) is 5.78 Å². The first-order chi connectivity index (χ1) is 13.3.